The monoisotopic (exact) mass is 416 g/mol. The molecule has 158 valence electrons. The molecule has 1 amide bonds. The Morgan fingerprint density at radius 1 is 1.30 bits per heavy atom. The van der Waals surface area contributed by atoms with Crippen molar-refractivity contribution in [1.82, 2.24) is 29.5 Å². The lowest BCUT2D eigenvalue weighted by Gasteiger charge is -2.37. The smallest absolute Gasteiger partial charge is 0.280 e. The number of aryl methyl sites for hydroxylation is 1. The van der Waals surface area contributed by atoms with Gasteiger partial charge in [0.1, 0.15) is 12.0 Å². The van der Waals surface area contributed by atoms with E-state index in [1.54, 1.807) is 17.2 Å². The van der Waals surface area contributed by atoms with E-state index in [0.29, 0.717) is 30.2 Å². The normalized spacial score (nSPS) is 19.5. The molecule has 1 aliphatic rings. The van der Waals surface area contributed by atoms with Crippen molar-refractivity contribution in [1.29, 1.82) is 0 Å². The zero-order valence-corrected chi connectivity index (χ0v) is 16.9. The van der Waals surface area contributed by atoms with Gasteiger partial charge in [0.15, 0.2) is 0 Å². The average Bonchev–Trinajstić information content (AvgIpc) is 3.22. The van der Waals surface area contributed by atoms with E-state index in [-0.39, 0.29) is 29.2 Å². The van der Waals surface area contributed by atoms with Crippen molar-refractivity contribution in [2.45, 2.75) is 32.6 Å². The van der Waals surface area contributed by atoms with Gasteiger partial charge in [-0.2, -0.15) is 10.1 Å². The zero-order chi connectivity index (χ0) is 21.4. The van der Waals surface area contributed by atoms with E-state index in [1.807, 2.05) is 6.92 Å². The number of amides is 1. The number of halogens is 2. The standard InChI is InChI=1S/C20H22F2N6O2/c1-11-4-5-27(19(29)13-6-17(30-3)23-8-12(13)2)9-14(11)16-7-15(18(21)22)26-20-24-10-25-28(16)20/h6-8,10-11,14,18H,4-5,9H2,1-3H3/t11-,14-/m1/s1. The second-order valence-corrected chi connectivity index (χ2v) is 7.54. The van der Waals surface area contributed by atoms with Gasteiger partial charge in [0.2, 0.25) is 5.88 Å². The maximum absolute atomic E-state index is 13.4. The van der Waals surface area contributed by atoms with Gasteiger partial charge in [-0.15, -0.1) is 0 Å². The predicted octanol–water partition coefficient (Wildman–Crippen LogP) is 3.04. The minimum Gasteiger partial charge on any atom is -0.481 e. The SMILES string of the molecule is COc1cc(C(=O)N2CC[C@@H](C)[C@H](c3cc(C(F)F)nc4ncnn34)C2)c(C)cn1. The number of carbonyl (C=O) groups is 1. The number of carbonyl (C=O) groups excluding carboxylic acids is 1. The third-order valence-corrected chi connectivity index (χ3v) is 5.67. The maximum Gasteiger partial charge on any atom is 0.280 e. The van der Waals surface area contributed by atoms with Crippen LogP contribution in [-0.4, -0.2) is 55.6 Å². The Morgan fingerprint density at radius 3 is 2.83 bits per heavy atom. The van der Waals surface area contributed by atoms with Crippen LogP contribution >= 0.6 is 0 Å². The number of ether oxygens (including phenoxy) is 1. The molecule has 10 heteroatoms. The minimum absolute atomic E-state index is 0.133. The summed E-state index contributed by atoms with van der Waals surface area (Å²) in [5, 5.41) is 4.16. The van der Waals surface area contributed by atoms with Gasteiger partial charge in [-0.05, 0) is 30.9 Å². The van der Waals surface area contributed by atoms with Crippen LogP contribution in [0, 0.1) is 12.8 Å². The lowest BCUT2D eigenvalue weighted by molar-refractivity contribution is 0.0664. The summed E-state index contributed by atoms with van der Waals surface area (Å²) >= 11 is 0. The van der Waals surface area contributed by atoms with E-state index in [4.69, 9.17) is 4.74 Å². The molecule has 3 aromatic rings. The molecule has 0 unspecified atom stereocenters. The molecule has 0 aliphatic carbocycles. The topological polar surface area (TPSA) is 85.5 Å². The van der Waals surface area contributed by atoms with Gasteiger partial charge >= 0.3 is 0 Å². The molecule has 4 rings (SSSR count). The quantitative estimate of drug-likeness (QED) is 0.650. The highest BCUT2D eigenvalue weighted by Crippen LogP contribution is 2.34. The Kier molecular flexibility index (Phi) is 5.31. The molecule has 0 N–H and O–H groups in total. The fourth-order valence-electron chi connectivity index (χ4n) is 3.89. The molecule has 0 aromatic carbocycles. The Morgan fingerprint density at radius 2 is 2.10 bits per heavy atom. The third-order valence-electron chi connectivity index (χ3n) is 5.67. The van der Waals surface area contributed by atoms with Gasteiger partial charge in [0.25, 0.3) is 18.1 Å². The van der Waals surface area contributed by atoms with Crippen LogP contribution in [0.4, 0.5) is 8.78 Å². The lowest BCUT2D eigenvalue weighted by atomic mass is 9.84. The van der Waals surface area contributed by atoms with Gasteiger partial charge in [0.05, 0.1) is 12.8 Å². The Balaban J connectivity index is 1.69. The molecule has 30 heavy (non-hydrogen) atoms. The van der Waals surface area contributed by atoms with Gasteiger partial charge in [-0.1, -0.05) is 6.92 Å². The summed E-state index contributed by atoms with van der Waals surface area (Å²) in [6.45, 7) is 4.83. The number of hydrogen-bond acceptors (Lipinski definition) is 6. The van der Waals surface area contributed by atoms with Crippen LogP contribution in [0.5, 0.6) is 5.88 Å². The first-order valence-corrected chi connectivity index (χ1v) is 9.67. The number of hydrogen-bond donors (Lipinski definition) is 0. The summed E-state index contributed by atoms with van der Waals surface area (Å²) < 4.78 is 33.4. The van der Waals surface area contributed by atoms with Crippen LogP contribution in [0.2, 0.25) is 0 Å². The first kappa shape index (κ1) is 20.1. The summed E-state index contributed by atoms with van der Waals surface area (Å²) in [6, 6.07) is 3.00. The van der Waals surface area contributed by atoms with Crippen LogP contribution in [0.1, 0.15) is 53.0 Å². The maximum atomic E-state index is 13.4. The van der Waals surface area contributed by atoms with E-state index in [9.17, 15) is 13.6 Å². The summed E-state index contributed by atoms with van der Waals surface area (Å²) in [5.74, 6) is 0.348. The summed E-state index contributed by atoms with van der Waals surface area (Å²) in [4.78, 5) is 27.0. The molecule has 8 nitrogen and oxygen atoms in total. The van der Waals surface area contributed by atoms with Crippen LogP contribution in [-0.2, 0) is 0 Å². The highest BCUT2D eigenvalue weighted by molar-refractivity contribution is 5.96. The molecular formula is C20H22F2N6O2. The number of alkyl halides is 2. The van der Waals surface area contributed by atoms with Crippen molar-refractivity contribution in [2.24, 2.45) is 5.92 Å². The number of likely N-dealkylation sites (tertiary alicyclic amines) is 1. The fourth-order valence-corrected chi connectivity index (χ4v) is 3.89. The average molecular weight is 416 g/mol. The van der Waals surface area contributed by atoms with Gasteiger partial charge in [-0.3, -0.25) is 4.79 Å². The number of methoxy groups -OCH3 is 1. The molecule has 1 fully saturated rings. The Bertz CT molecular complexity index is 1090. The van der Waals surface area contributed by atoms with Gasteiger partial charge < -0.3 is 9.64 Å². The summed E-state index contributed by atoms with van der Waals surface area (Å²) in [5.41, 5.74) is 1.51. The fraction of sp³-hybridized carbons (Fsp3) is 0.450. The lowest BCUT2D eigenvalue weighted by Crippen LogP contribution is -2.43. The first-order chi connectivity index (χ1) is 14.4. The molecule has 0 spiro atoms. The third kappa shape index (κ3) is 3.57. The van der Waals surface area contributed by atoms with Crippen LogP contribution < -0.4 is 4.74 Å². The number of pyridine rings is 1. The first-order valence-electron chi connectivity index (χ1n) is 9.67. The second-order valence-electron chi connectivity index (χ2n) is 7.54. The molecule has 1 aliphatic heterocycles. The van der Waals surface area contributed by atoms with E-state index in [1.165, 1.54) is 24.0 Å². The molecule has 4 heterocycles. The summed E-state index contributed by atoms with van der Waals surface area (Å²) in [6.07, 6.45) is 0.922. The van der Waals surface area contributed by atoms with Crippen LogP contribution in [0.25, 0.3) is 5.78 Å². The summed E-state index contributed by atoms with van der Waals surface area (Å²) in [7, 11) is 1.50. The minimum atomic E-state index is -2.71. The predicted molar refractivity (Wildman–Crippen MR) is 104 cm³/mol. The van der Waals surface area contributed by atoms with Gasteiger partial charge in [0, 0.05) is 36.8 Å². The number of rotatable bonds is 4. The van der Waals surface area contributed by atoms with Crippen LogP contribution in [0.3, 0.4) is 0 Å². The van der Waals surface area contributed by atoms with Gasteiger partial charge in [-0.25, -0.2) is 23.3 Å². The molecule has 2 atom stereocenters. The number of piperidine rings is 1. The Hall–Kier alpha value is -3.17. The molecule has 0 saturated carbocycles. The number of aromatic nitrogens is 5. The van der Waals surface area contributed by atoms with Crippen LogP contribution in [0.15, 0.2) is 24.7 Å². The molecule has 0 bridgehead atoms. The number of nitrogens with zero attached hydrogens (tertiary/aromatic N) is 6. The van der Waals surface area contributed by atoms with E-state index < -0.39 is 6.43 Å². The largest absolute Gasteiger partial charge is 0.481 e. The zero-order valence-electron chi connectivity index (χ0n) is 16.9. The molecular weight excluding hydrogens is 394 g/mol. The highest BCUT2D eigenvalue weighted by atomic mass is 19.3. The number of fused-ring (bicyclic) bond motifs is 1. The van der Waals surface area contributed by atoms with Crippen molar-refractivity contribution in [2.75, 3.05) is 20.2 Å². The Labute approximate surface area is 171 Å². The van der Waals surface area contributed by atoms with Crippen molar-refractivity contribution in [3.05, 3.63) is 47.2 Å². The molecule has 3 aromatic heterocycles. The van der Waals surface area contributed by atoms with Crippen molar-refractivity contribution in [3.63, 3.8) is 0 Å². The van der Waals surface area contributed by atoms with E-state index in [2.05, 4.69) is 27.0 Å². The van der Waals surface area contributed by atoms with Crippen molar-refractivity contribution in [3.8, 4) is 5.88 Å². The highest BCUT2D eigenvalue weighted by Gasteiger charge is 2.33. The van der Waals surface area contributed by atoms with Crippen molar-refractivity contribution < 1.29 is 18.3 Å². The second kappa shape index (κ2) is 7.92. The molecule has 0 radical (unpaired) electrons. The van der Waals surface area contributed by atoms with E-state index in [0.717, 1.165) is 12.0 Å². The van der Waals surface area contributed by atoms with E-state index >= 15 is 0 Å². The molecule has 1 saturated heterocycles. The van der Waals surface area contributed by atoms with Crippen molar-refractivity contribution >= 4 is 11.7 Å².